The fourth-order valence-electron chi connectivity index (χ4n) is 7.00. The highest BCUT2D eigenvalue weighted by atomic mass is 32.1. The standard InChI is InChI=1S/C37H26N2S/c1-37-21-8-7-9-25(37)20-22-38(37)27-16-19-32-31(23-27)29-17-14-24-15-18-30-28-12-5-6-13-33(28)40-36(30)34(24)35(29)39(32)26-10-3-2-4-11-26/h2-20,22-23H,21H2,1H3. The lowest BCUT2D eigenvalue weighted by atomic mass is 9.85. The third-order valence-electron chi connectivity index (χ3n) is 9.01. The van der Waals surface area contributed by atoms with Crippen molar-refractivity contribution in [1.29, 1.82) is 0 Å². The Kier molecular flexibility index (Phi) is 4.43. The molecule has 2 aliphatic rings. The number of fused-ring (bicyclic) bond motifs is 10. The normalized spacial score (nSPS) is 18.5. The maximum Gasteiger partial charge on any atom is 0.0703 e. The van der Waals surface area contributed by atoms with Gasteiger partial charge in [-0.15, -0.1) is 11.3 Å². The lowest BCUT2D eigenvalue weighted by molar-refractivity contribution is 0.561. The minimum absolute atomic E-state index is 0.0455. The Hall–Kier alpha value is -4.60. The first-order valence-corrected chi connectivity index (χ1v) is 14.7. The number of hydrogen-bond acceptors (Lipinski definition) is 2. The molecule has 0 saturated heterocycles. The summed E-state index contributed by atoms with van der Waals surface area (Å²) in [6.45, 7) is 2.35. The summed E-state index contributed by atoms with van der Waals surface area (Å²) in [7, 11) is 0. The van der Waals surface area contributed by atoms with Gasteiger partial charge >= 0.3 is 0 Å². The van der Waals surface area contributed by atoms with Crippen molar-refractivity contribution in [2.24, 2.45) is 0 Å². The lowest BCUT2D eigenvalue weighted by Gasteiger charge is -2.38. The SMILES string of the molecule is CC12CC=CC=C1C=CN2c1ccc2c(c1)c1ccc3ccc4c5ccccc5sc4c3c1n2-c1ccccc1. The molecule has 1 atom stereocenters. The first-order chi connectivity index (χ1) is 19.7. The van der Waals surface area contributed by atoms with Gasteiger partial charge in [0.25, 0.3) is 0 Å². The van der Waals surface area contributed by atoms with E-state index in [2.05, 4.69) is 144 Å². The third kappa shape index (κ3) is 2.88. The quantitative estimate of drug-likeness (QED) is 0.216. The van der Waals surface area contributed by atoms with Crippen molar-refractivity contribution in [1.82, 2.24) is 4.57 Å². The van der Waals surface area contributed by atoms with Crippen LogP contribution in [0.15, 0.2) is 133 Å². The Bertz CT molecular complexity index is 2260. The van der Waals surface area contributed by atoms with Gasteiger partial charge < -0.3 is 9.47 Å². The predicted octanol–water partition coefficient (Wildman–Crippen LogP) is 10.3. The average Bonchev–Trinajstić information content (AvgIpc) is 3.66. The summed E-state index contributed by atoms with van der Waals surface area (Å²) in [6, 6.07) is 35.9. The van der Waals surface area contributed by atoms with Crippen LogP contribution in [-0.2, 0) is 0 Å². The third-order valence-corrected chi connectivity index (χ3v) is 10.2. The number of nitrogens with zero attached hydrogens (tertiary/aromatic N) is 2. The van der Waals surface area contributed by atoms with Crippen LogP contribution in [0.4, 0.5) is 5.69 Å². The number of allylic oxidation sites excluding steroid dienone is 2. The van der Waals surface area contributed by atoms with Crippen molar-refractivity contribution in [3.05, 3.63) is 133 Å². The topological polar surface area (TPSA) is 8.17 Å². The van der Waals surface area contributed by atoms with Crippen molar-refractivity contribution < 1.29 is 0 Å². The number of benzene rings is 5. The predicted molar refractivity (Wildman–Crippen MR) is 173 cm³/mol. The van der Waals surface area contributed by atoms with E-state index in [1.807, 2.05) is 11.3 Å². The molecule has 0 bridgehead atoms. The van der Waals surface area contributed by atoms with E-state index in [4.69, 9.17) is 0 Å². The molecule has 0 fully saturated rings. The van der Waals surface area contributed by atoms with Gasteiger partial charge in [0.15, 0.2) is 0 Å². The summed E-state index contributed by atoms with van der Waals surface area (Å²) in [4.78, 5) is 2.46. The molecule has 0 N–H and O–H groups in total. The molecule has 1 aliphatic heterocycles. The average molecular weight is 531 g/mol. The molecule has 1 aliphatic carbocycles. The van der Waals surface area contributed by atoms with Gasteiger partial charge in [-0.25, -0.2) is 0 Å². The molecular weight excluding hydrogens is 504 g/mol. The smallest absolute Gasteiger partial charge is 0.0703 e. The van der Waals surface area contributed by atoms with Gasteiger partial charge in [0.05, 0.1) is 16.6 Å². The molecule has 0 amide bonds. The molecule has 0 spiro atoms. The molecule has 9 rings (SSSR count). The van der Waals surface area contributed by atoms with Crippen LogP contribution in [0.25, 0.3) is 58.4 Å². The van der Waals surface area contributed by atoms with Crippen molar-refractivity contribution >= 4 is 69.8 Å². The van der Waals surface area contributed by atoms with Gasteiger partial charge in [0.2, 0.25) is 0 Å². The van der Waals surface area contributed by atoms with E-state index >= 15 is 0 Å². The van der Waals surface area contributed by atoms with Crippen molar-refractivity contribution in [2.75, 3.05) is 4.90 Å². The van der Waals surface area contributed by atoms with Crippen molar-refractivity contribution in [2.45, 2.75) is 18.9 Å². The van der Waals surface area contributed by atoms with Crippen molar-refractivity contribution in [3.63, 3.8) is 0 Å². The van der Waals surface area contributed by atoms with Crippen molar-refractivity contribution in [3.8, 4) is 5.69 Å². The Balaban J connectivity index is 1.41. The van der Waals surface area contributed by atoms with Crippen LogP contribution in [0.2, 0.25) is 0 Å². The maximum absolute atomic E-state index is 2.48. The molecule has 2 aromatic heterocycles. The zero-order valence-corrected chi connectivity index (χ0v) is 23.0. The van der Waals surface area contributed by atoms with Crippen LogP contribution in [0.1, 0.15) is 13.3 Å². The number of anilines is 1. The van der Waals surface area contributed by atoms with Crippen LogP contribution < -0.4 is 4.90 Å². The van der Waals surface area contributed by atoms with E-state index in [-0.39, 0.29) is 5.54 Å². The second-order valence-corrected chi connectivity index (χ2v) is 12.2. The zero-order valence-electron chi connectivity index (χ0n) is 22.1. The second kappa shape index (κ2) is 7.97. The van der Waals surface area contributed by atoms with E-state index in [1.165, 1.54) is 69.7 Å². The summed E-state index contributed by atoms with van der Waals surface area (Å²) in [5.41, 5.74) is 6.28. The van der Waals surface area contributed by atoms with Gasteiger partial charge in [-0.3, -0.25) is 0 Å². The van der Waals surface area contributed by atoms with Crippen LogP contribution in [0.5, 0.6) is 0 Å². The highest BCUT2D eigenvalue weighted by Crippen LogP contribution is 2.46. The summed E-state index contributed by atoms with van der Waals surface area (Å²) >= 11 is 1.91. The molecule has 7 aromatic rings. The second-order valence-electron chi connectivity index (χ2n) is 11.2. The minimum atomic E-state index is -0.0455. The Morgan fingerprint density at radius 1 is 0.750 bits per heavy atom. The molecule has 40 heavy (non-hydrogen) atoms. The molecule has 0 radical (unpaired) electrons. The first kappa shape index (κ1) is 22.2. The van der Waals surface area contributed by atoms with E-state index in [9.17, 15) is 0 Å². The van der Waals surface area contributed by atoms with E-state index in [0.29, 0.717) is 0 Å². The Labute approximate surface area is 236 Å². The fraction of sp³-hybridized carbons (Fsp3) is 0.0811. The van der Waals surface area contributed by atoms with Gasteiger partial charge in [0, 0.05) is 53.9 Å². The molecule has 2 nitrogen and oxygen atoms in total. The van der Waals surface area contributed by atoms with Gasteiger partial charge in [-0.2, -0.15) is 0 Å². The summed E-state index contributed by atoms with van der Waals surface area (Å²) in [6.07, 6.45) is 12.2. The monoisotopic (exact) mass is 530 g/mol. The van der Waals surface area contributed by atoms with E-state index in [0.717, 1.165) is 6.42 Å². The number of para-hydroxylation sites is 1. The maximum atomic E-state index is 2.48. The minimum Gasteiger partial charge on any atom is -0.338 e. The summed E-state index contributed by atoms with van der Waals surface area (Å²) < 4.78 is 5.19. The Morgan fingerprint density at radius 2 is 1.57 bits per heavy atom. The van der Waals surface area contributed by atoms with Gasteiger partial charge in [-0.1, -0.05) is 78.9 Å². The van der Waals surface area contributed by atoms with Gasteiger partial charge in [0.1, 0.15) is 0 Å². The van der Waals surface area contributed by atoms with E-state index < -0.39 is 0 Å². The summed E-state index contributed by atoms with van der Waals surface area (Å²) in [5, 5.41) is 7.89. The van der Waals surface area contributed by atoms with E-state index in [1.54, 1.807) is 0 Å². The molecule has 5 aromatic carbocycles. The highest BCUT2D eigenvalue weighted by Gasteiger charge is 2.38. The lowest BCUT2D eigenvalue weighted by Crippen LogP contribution is -2.41. The number of thiophene rings is 1. The summed E-state index contributed by atoms with van der Waals surface area (Å²) in [5.74, 6) is 0. The Morgan fingerprint density at radius 3 is 2.48 bits per heavy atom. The van der Waals surface area contributed by atoms with Crippen LogP contribution in [-0.4, -0.2) is 10.1 Å². The number of aromatic nitrogens is 1. The molecule has 1 unspecified atom stereocenters. The largest absolute Gasteiger partial charge is 0.338 e. The number of hydrogen-bond donors (Lipinski definition) is 0. The first-order valence-electron chi connectivity index (χ1n) is 13.9. The molecule has 3 heteroatoms. The fourth-order valence-corrected chi connectivity index (χ4v) is 8.26. The molecule has 3 heterocycles. The molecule has 190 valence electrons. The zero-order chi connectivity index (χ0) is 26.4. The van der Waals surface area contributed by atoms with Crippen LogP contribution in [0, 0.1) is 0 Å². The number of rotatable bonds is 2. The van der Waals surface area contributed by atoms with Crippen LogP contribution in [0.3, 0.4) is 0 Å². The molecular formula is C37H26N2S. The highest BCUT2D eigenvalue weighted by molar-refractivity contribution is 7.26. The van der Waals surface area contributed by atoms with Gasteiger partial charge in [-0.05, 0) is 66.8 Å². The molecule has 0 saturated carbocycles. The van der Waals surface area contributed by atoms with Crippen LogP contribution >= 0.6 is 11.3 Å².